The number of carbonyl (C=O) groups excluding carboxylic acids is 1. The minimum Gasteiger partial charge on any atom is -0.267 e. The first-order valence-electron chi connectivity index (χ1n) is 9.32. The molecule has 0 unspecified atom stereocenters. The Balaban J connectivity index is 1.58. The topological polar surface area (TPSA) is 94.2 Å². The molecule has 1 amide bonds. The minimum atomic E-state index is -0.486. The van der Waals surface area contributed by atoms with Gasteiger partial charge in [0.15, 0.2) is 11.2 Å². The molecule has 0 aliphatic carbocycles. The maximum absolute atomic E-state index is 12.9. The summed E-state index contributed by atoms with van der Waals surface area (Å²) in [5.41, 5.74) is 6.37. The van der Waals surface area contributed by atoms with Crippen molar-refractivity contribution < 1.29 is 4.79 Å². The Labute approximate surface area is 170 Å². The van der Waals surface area contributed by atoms with Crippen LogP contribution in [0.15, 0.2) is 77.9 Å². The molecular formula is C22H16N6O2. The summed E-state index contributed by atoms with van der Waals surface area (Å²) in [4.78, 5) is 25.5. The molecule has 0 fully saturated rings. The third kappa shape index (κ3) is 2.82. The van der Waals surface area contributed by atoms with Gasteiger partial charge in [0.1, 0.15) is 5.52 Å². The van der Waals surface area contributed by atoms with Gasteiger partial charge in [-0.05, 0) is 30.2 Å². The molecule has 0 aliphatic heterocycles. The van der Waals surface area contributed by atoms with Gasteiger partial charge in [0.05, 0.1) is 6.20 Å². The number of nitrogens with one attached hydrogen (secondary N) is 1. The zero-order valence-electron chi connectivity index (χ0n) is 16.0. The number of rotatable bonds is 3. The van der Waals surface area contributed by atoms with Gasteiger partial charge in [-0.25, -0.2) is 9.19 Å². The third-order valence-electron chi connectivity index (χ3n) is 4.96. The fourth-order valence-corrected chi connectivity index (χ4v) is 3.40. The average Bonchev–Trinajstić information content (AvgIpc) is 3.21. The molecule has 5 rings (SSSR count). The van der Waals surface area contributed by atoms with Crippen molar-refractivity contribution in [3.8, 4) is 11.1 Å². The van der Waals surface area contributed by atoms with Gasteiger partial charge in [-0.15, -0.1) is 10.2 Å². The Bertz CT molecular complexity index is 1470. The lowest BCUT2D eigenvalue weighted by Crippen LogP contribution is -2.33. The second-order valence-corrected chi connectivity index (χ2v) is 6.84. The van der Waals surface area contributed by atoms with Crippen LogP contribution in [0.25, 0.3) is 27.8 Å². The predicted molar refractivity (Wildman–Crippen MR) is 113 cm³/mol. The SMILES string of the molecule is Cc1ccccc1C(=O)Nn1ccc2c(nnc3c(-c4ccccc4)cnn32)c1=O. The quantitative estimate of drug-likeness (QED) is 0.506. The Morgan fingerprint density at radius 3 is 2.53 bits per heavy atom. The van der Waals surface area contributed by atoms with E-state index in [0.29, 0.717) is 16.7 Å². The van der Waals surface area contributed by atoms with Crippen LogP contribution in [0.2, 0.25) is 0 Å². The van der Waals surface area contributed by atoms with E-state index in [2.05, 4.69) is 20.7 Å². The first-order chi connectivity index (χ1) is 14.6. The summed E-state index contributed by atoms with van der Waals surface area (Å²) < 4.78 is 2.69. The molecule has 0 atom stereocenters. The molecule has 146 valence electrons. The van der Waals surface area contributed by atoms with Crippen molar-refractivity contribution >= 4 is 22.6 Å². The number of fused-ring (bicyclic) bond motifs is 3. The maximum Gasteiger partial charge on any atom is 0.299 e. The molecule has 2 aromatic carbocycles. The average molecular weight is 396 g/mol. The van der Waals surface area contributed by atoms with Crippen molar-refractivity contribution in [1.82, 2.24) is 24.5 Å². The fraction of sp³-hybridized carbons (Fsp3) is 0.0455. The highest BCUT2D eigenvalue weighted by atomic mass is 16.2. The highest BCUT2D eigenvalue weighted by molar-refractivity contribution is 6.01. The van der Waals surface area contributed by atoms with Crippen LogP contribution in [-0.2, 0) is 0 Å². The van der Waals surface area contributed by atoms with E-state index in [-0.39, 0.29) is 11.4 Å². The summed E-state index contributed by atoms with van der Waals surface area (Å²) in [6, 6.07) is 18.6. The van der Waals surface area contributed by atoms with E-state index in [0.717, 1.165) is 21.4 Å². The van der Waals surface area contributed by atoms with Crippen molar-refractivity contribution in [1.29, 1.82) is 0 Å². The van der Waals surface area contributed by atoms with E-state index < -0.39 is 5.56 Å². The van der Waals surface area contributed by atoms with Crippen LogP contribution in [0.5, 0.6) is 0 Å². The molecule has 0 saturated heterocycles. The number of carbonyl (C=O) groups is 1. The lowest BCUT2D eigenvalue weighted by atomic mass is 10.1. The van der Waals surface area contributed by atoms with E-state index in [1.54, 1.807) is 28.9 Å². The van der Waals surface area contributed by atoms with Crippen LogP contribution in [0.3, 0.4) is 0 Å². The largest absolute Gasteiger partial charge is 0.299 e. The lowest BCUT2D eigenvalue weighted by molar-refractivity contribution is 0.101. The van der Waals surface area contributed by atoms with Crippen molar-refractivity contribution in [2.24, 2.45) is 0 Å². The van der Waals surface area contributed by atoms with E-state index in [1.165, 1.54) is 6.20 Å². The monoisotopic (exact) mass is 396 g/mol. The van der Waals surface area contributed by atoms with Crippen molar-refractivity contribution in [3.05, 3.63) is 94.5 Å². The molecule has 0 radical (unpaired) electrons. The molecule has 0 spiro atoms. The Morgan fingerprint density at radius 2 is 1.73 bits per heavy atom. The second kappa shape index (κ2) is 6.93. The zero-order chi connectivity index (χ0) is 20.7. The van der Waals surface area contributed by atoms with Gasteiger partial charge in [-0.1, -0.05) is 48.5 Å². The van der Waals surface area contributed by atoms with E-state index >= 15 is 0 Å². The van der Waals surface area contributed by atoms with Crippen molar-refractivity contribution in [2.75, 3.05) is 5.43 Å². The number of pyridine rings is 1. The standard InChI is InChI=1S/C22H16N6O2/c1-14-7-5-6-10-16(14)21(29)26-27-12-11-18-19(22(27)30)24-25-20-17(13-23-28(18)20)15-8-3-2-4-9-15/h2-13H,1H3,(H,26,29). The number of nitrogens with zero attached hydrogens (tertiary/aromatic N) is 5. The first-order valence-corrected chi connectivity index (χ1v) is 9.32. The summed E-state index contributed by atoms with van der Waals surface area (Å²) in [5.74, 6) is -0.381. The summed E-state index contributed by atoms with van der Waals surface area (Å²) in [7, 11) is 0. The van der Waals surface area contributed by atoms with Gasteiger partial charge in [-0.2, -0.15) is 5.10 Å². The number of benzene rings is 2. The molecule has 8 heteroatoms. The molecule has 5 aromatic rings. The first kappa shape index (κ1) is 17.7. The molecule has 3 heterocycles. The fourth-order valence-electron chi connectivity index (χ4n) is 3.40. The summed E-state index contributed by atoms with van der Waals surface area (Å²) in [6.07, 6.45) is 3.19. The van der Waals surface area contributed by atoms with Crippen LogP contribution in [-0.4, -0.2) is 30.4 Å². The van der Waals surface area contributed by atoms with E-state index in [4.69, 9.17) is 0 Å². The maximum atomic E-state index is 12.9. The van der Waals surface area contributed by atoms with Crippen molar-refractivity contribution in [2.45, 2.75) is 6.92 Å². The molecule has 30 heavy (non-hydrogen) atoms. The van der Waals surface area contributed by atoms with Crippen LogP contribution in [0.1, 0.15) is 15.9 Å². The number of aryl methyl sites for hydroxylation is 1. The Morgan fingerprint density at radius 1 is 0.967 bits per heavy atom. The van der Waals surface area contributed by atoms with E-state index in [9.17, 15) is 9.59 Å². The van der Waals surface area contributed by atoms with Gasteiger partial charge in [0.25, 0.3) is 11.5 Å². The second-order valence-electron chi connectivity index (χ2n) is 6.84. The Hall–Kier alpha value is -4.33. The molecular weight excluding hydrogens is 380 g/mol. The van der Waals surface area contributed by atoms with Crippen LogP contribution < -0.4 is 11.0 Å². The van der Waals surface area contributed by atoms with Crippen molar-refractivity contribution in [3.63, 3.8) is 0 Å². The van der Waals surface area contributed by atoms with Crippen LogP contribution in [0, 0.1) is 6.92 Å². The highest BCUT2D eigenvalue weighted by Gasteiger charge is 2.15. The summed E-state index contributed by atoms with van der Waals surface area (Å²) in [6.45, 7) is 1.84. The number of hydrogen-bond acceptors (Lipinski definition) is 5. The van der Waals surface area contributed by atoms with Crippen LogP contribution in [0.4, 0.5) is 0 Å². The molecule has 8 nitrogen and oxygen atoms in total. The molecule has 1 N–H and O–H groups in total. The summed E-state index contributed by atoms with van der Waals surface area (Å²) >= 11 is 0. The molecule has 3 aromatic heterocycles. The van der Waals surface area contributed by atoms with Gasteiger partial charge in [-0.3, -0.25) is 15.0 Å². The number of amides is 1. The molecule has 0 bridgehead atoms. The molecule has 0 saturated carbocycles. The molecule has 0 aliphatic rings. The highest BCUT2D eigenvalue weighted by Crippen LogP contribution is 2.23. The van der Waals surface area contributed by atoms with Gasteiger partial charge in [0.2, 0.25) is 0 Å². The third-order valence-corrected chi connectivity index (χ3v) is 4.96. The van der Waals surface area contributed by atoms with E-state index in [1.807, 2.05) is 49.4 Å². The summed E-state index contributed by atoms with van der Waals surface area (Å²) in [5, 5.41) is 12.7. The number of hydrogen-bond donors (Lipinski definition) is 1. The van der Waals surface area contributed by atoms with Gasteiger partial charge in [0, 0.05) is 17.3 Å². The number of aromatic nitrogens is 5. The predicted octanol–water partition coefficient (Wildman–Crippen LogP) is 2.80. The smallest absolute Gasteiger partial charge is 0.267 e. The minimum absolute atomic E-state index is 0.109. The van der Waals surface area contributed by atoms with Crippen LogP contribution >= 0.6 is 0 Å². The van der Waals surface area contributed by atoms with Gasteiger partial charge >= 0.3 is 0 Å². The lowest BCUT2D eigenvalue weighted by Gasteiger charge is -2.10. The zero-order valence-corrected chi connectivity index (χ0v) is 16.0. The Kier molecular flexibility index (Phi) is 4.10. The van der Waals surface area contributed by atoms with Gasteiger partial charge < -0.3 is 0 Å². The normalized spacial score (nSPS) is 11.1.